The number of aryl methyl sites for hydroxylation is 1. The van der Waals surface area contributed by atoms with Crippen LogP contribution in [0.25, 0.3) is 11.3 Å². The fourth-order valence-electron chi connectivity index (χ4n) is 1.82. The highest BCUT2D eigenvalue weighted by atomic mass is 15.3. The molecule has 2 aromatic rings. The van der Waals surface area contributed by atoms with Gasteiger partial charge < -0.3 is 5.73 Å². The van der Waals surface area contributed by atoms with Gasteiger partial charge in [-0.2, -0.15) is 5.10 Å². The monoisotopic (exact) mass is 215 g/mol. The molecular formula is C13H17N3. The van der Waals surface area contributed by atoms with E-state index in [1.165, 1.54) is 0 Å². The topological polar surface area (TPSA) is 43.8 Å². The zero-order valence-corrected chi connectivity index (χ0v) is 9.94. The van der Waals surface area contributed by atoms with Gasteiger partial charge in [0.05, 0.1) is 11.4 Å². The predicted molar refractivity (Wildman–Crippen MR) is 67.2 cm³/mol. The van der Waals surface area contributed by atoms with Gasteiger partial charge in [0.1, 0.15) is 0 Å². The summed E-state index contributed by atoms with van der Waals surface area (Å²) in [4.78, 5) is 0. The van der Waals surface area contributed by atoms with Crippen LogP contribution in [0.1, 0.15) is 25.6 Å². The maximum atomic E-state index is 5.80. The van der Waals surface area contributed by atoms with Crippen molar-refractivity contribution in [2.24, 2.45) is 0 Å². The number of aromatic nitrogens is 2. The Balaban J connectivity index is 2.55. The van der Waals surface area contributed by atoms with Crippen LogP contribution in [0.15, 0.2) is 30.3 Å². The van der Waals surface area contributed by atoms with E-state index in [4.69, 9.17) is 5.73 Å². The fraction of sp³-hybridized carbons (Fsp3) is 0.308. The number of hydrogen-bond donors (Lipinski definition) is 1. The van der Waals surface area contributed by atoms with Crippen LogP contribution in [0.2, 0.25) is 0 Å². The zero-order chi connectivity index (χ0) is 11.7. The number of nitrogens with two attached hydrogens (primary N) is 1. The molecule has 0 fully saturated rings. The van der Waals surface area contributed by atoms with Crippen molar-refractivity contribution in [2.45, 2.75) is 26.8 Å². The van der Waals surface area contributed by atoms with Gasteiger partial charge in [0.25, 0.3) is 0 Å². The number of nitrogens with zero attached hydrogens (tertiary/aromatic N) is 2. The van der Waals surface area contributed by atoms with Crippen LogP contribution in [-0.2, 0) is 0 Å². The Morgan fingerprint density at radius 3 is 2.62 bits per heavy atom. The molecule has 1 aromatic carbocycles. The molecule has 0 saturated carbocycles. The summed E-state index contributed by atoms with van der Waals surface area (Å²) < 4.78 is 2.03. The molecule has 2 rings (SSSR count). The second-order valence-corrected chi connectivity index (χ2v) is 4.33. The van der Waals surface area contributed by atoms with Gasteiger partial charge in [0.2, 0.25) is 0 Å². The van der Waals surface area contributed by atoms with Gasteiger partial charge in [-0.05, 0) is 39.0 Å². The van der Waals surface area contributed by atoms with E-state index in [-0.39, 0.29) is 0 Å². The summed E-state index contributed by atoms with van der Waals surface area (Å²) in [6.07, 6.45) is 0. The van der Waals surface area contributed by atoms with Gasteiger partial charge in [-0.15, -0.1) is 0 Å². The third kappa shape index (κ3) is 1.94. The van der Waals surface area contributed by atoms with Crippen molar-refractivity contribution in [2.75, 3.05) is 5.73 Å². The molecule has 3 heteroatoms. The van der Waals surface area contributed by atoms with E-state index in [0.717, 1.165) is 22.6 Å². The number of nitrogen functional groups attached to an aromatic ring is 1. The Bertz CT molecular complexity index is 498. The minimum Gasteiger partial charge on any atom is -0.399 e. The van der Waals surface area contributed by atoms with E-state index in [9.17, 15) is 0 Å². The van der Waals surface area contributed by atoms with Crippen LogP contribution in [0.4, 0.5) is 5.69 Å². The molecule has 1 aromatic heterocycles. The van der Waals surface area contributed by atoms with Gasteiger partial charge in [-0.1, -0.05) is 12.1 Å². The SMILES string of the molecule is Cc1cc(-c2cccc(N)c2)n(C(C)C)n1. The lowest BCUT2D eigenvalue weighted by molar-refractivity contribution is 0.535. The van der Waals surface area contributed by atoms with Gasteiger partial charge in [0.15, 0.2) is 0 Å². The van der Waals surface area contributed by atoms with Crippen LogP contribution in [-0.4, -0.2) is 9.78 Å². The quantitative estimate of drug-likeness (QED) is 0.782. The Morgan fingerprint density at radius 1 is 1.25 bits per heavy atom. The summed E-state index contributed by atoms with van der Waals surface area (Å²) in [5.74, 6) is 0. The van der Waals surface area contributed by atoms with Crippen molar-refractivity contribution in [3.8, 4) is 11.3 Å². The molecule has 84 valence electrons. The van der Waals surface area contributed by atoms with Crippen molar-refractivity contribution in [3.05, 3.63) is 36.0 Å². The molecule has 0 saturated heterocycles. The summed E-state index contributed by atoms with van der Waals surface area (Å²) in [6.45, 7) is 6.26. The largest absolute Gasteiger partial charge is 0.399 e. The average molecular weight is 215 g/mol. The van der Waals surface area contributed by atoms with Crippen molar-refractivity contribution in [3.63, 3.8) is 0 Å². The molecule has 0 atom stereocenters. The molecule has 0 spiro atoms. The minimum absolute atomic E-state index is 0.352. The van der Waals surface area contributed by atoms with Crippen LogP contribution >= 0.6 is 0 Å². The first-order chi connectivity index (χ1) is 7.58. The lowest BCUT2D eigenvalue weighted by Crippen LogP contribution is -2.05. The van der Waals surface area contributed by atoms with E-state index in [1.54, 1.807) is 0 Å². The maximum absolute atomic E-state index is 5.80. The number of benzene rings is 1. The van der Waals surface area contributed by atoms with E-state index < -0.39 is 0 Å². The summed E-state index contributed by atoms with van der Waals surface area (Å²) in [7, 11) is 0. The Kier molecular flexibility index (Phi) is 2.69. The molecule has 0 unspecified atom stereocenters. The Hall–Kier alpha value is -1.77. The smallest absolute Gasteiger partial charge is 0.0688 e. The van der Waals surface area contributed by atoms with E-state index >= 15 is 0 Å². The van der Waals surface area contributed by atoms with Gasteiger partial charge >= 0.3 is 0 Å². The van der Waals surface area contributed by atoms with Crippen molar-refractivity contribution < 1.29 is 0 Å². The Labute approximate surface area is 95.9 Å². The predicted octanol–water partition coefficient (Wildman–Crippen LogP) is 3.02. The summed E-state index contributed by atoms with van der Waals surface area (Å²) >= 11 is 0. The highest BCUT2D eigenvalue weighted by molar-refractivity contribution is 5.64. The lowest BCUT2D eigenvalue weighted by atomic mass is 10.1. The molecule has 0 aliphatic rings. The Morgan fingerprint density at radius 2 is 2.00 bits per heavy atom. The summed E-state index contributed by atoms with van der Waals surface area (Å²) in [5.41, 5.74) is 9.86. The van der Waals surface area contributed by atoms with Crippen LogP contribution in [0.3, 0.4) is 0 Å². The van der Waals surface area contributed by atoms with Gasteiger partial charge in [-0.25, -0.2) is 0 Å². The van der Waals surface area contributed by atoms with Crippen molar-refractivity contribution in [1.29, 1.82) is 0 Å². The highest BCUT2D eigenvalue weighted by Gasteiger charge is 2.10. The minimum atomic E-state index is 0.352. The molecule has 0 radical (unpaired) electrons. The molecule has 0 amide bonds. The van der Waals surface area contributed by atoms with E-state index in [2.05, 4.69) is 31.1 Å². The first-order valence-corrected chi connectivity index (χ1v) is 5.50. The molecule has 16 heavy (non-hydrogen) atoms. The third-order valence-electron chi connectivity index (χ3n) is 2.53. The number of anilines is 1. The fourth-order valence-corrected chi connectivity index (χ4v) is 1.82. The first kappa shape index (κ1) is 10.7. The molecule has 0 aliphatic heterocycles. The first-order valence-electron chi connectivity index (χ1n) is 5.50. The van der Waals surface area contributed by atoms with Crippen LogP contribution < -0.4 is 5.73 Å². The number of hydrogen-bond acceptors (Lipinski definition) is 2. The van der Waals surface area contributed by atoms with Gasteiger partial charge in [-0.3, -0.25) is 4.68 Å². The molecule has 0 aliphatic carbocycles. The maximum Gasteiger partial charge on any atom is 0.0688 e. The van der Waals surface area contributed by atoms with E-state index in [1.807, 2.05) is 29.8 Å². The highest BCUT2D eigenvalue weighted by Crippen LogP contribution is 2.24. The normalized spacial score (nSPS) is 11.0. The molecule has 1 heterocycles. The molecule has 2 N–H and O–H groups in total. The molecular weight excluding hydrogens is 198 g/mol. The second kappa shape index (κ2) is 4.00. The van der Waals surface area contributed by atoms with E-state index in [0.29, 0.717) is 6.04 Å². The molecule has 0 bridgehead atoms. The standard InChI is InChI=1S/C13H17N3/c1-9(2)16-13(7-10(3)15-16)11-5-4-6-12(14)8-11/h4-9H,14H2,1-3H3. The van der Waals surface area contributed by atoms with Crippen molar-refractivity contribution in [1.82, 2.24) is 9.78 Å². The summed E-state index contributed by atoms with van der Waals surface area (Å²) in [6, 6.07) is 10.4. The average Bonchev–Trinajstić information content (AvgIpc) is 2.60. The summed E-state index contributed by atoms with van der Waals surface area (Å²) in [5, 5.41) is 4.49. The van der Waals surface area contributed by atoms with Gasteiger partial charge in [0, 0.05) is 17.3 Å². The molecule has 3 nitrogen and oxygen atoms in total. The lowest BCUT2D eigenvalue weighted by Gasteiger charge is -2.11. The third-order valence-corrected chi connectivity index (χ3v) is 2.53. The number of rotatable bonds is 2. The van der Waals surface area contributed by atoms with Crippen LogP contribution in [0, 0.1) is 6.92 Å². The zero-order valence-electron chi connectivity index (χ0n) is 9.94. The second-order valence-electron chi connectivity index (χ2n) is 4.33. The van der Waals surface area contributed by atoms with Crippen molar-refractivity contribution >= 4 is 5.69 Å². The van der Waals surface area contributed by atoms with Crippen LogP contribution in [0.5, 0.6) is 0 Å².